The van der Waals surface area contributed by atoms with Crippen molar-refractivity contribution in [3.05, 3.63) is 35.9 Å². The van der Waals surface area contributed by atoms with E-state index in [1.54, 1.807) is 12.1 Å². The molecule has 1 unspecified atom stereocenters. The van der Waals surface area contributed by atoms with E-state index in [1.165, 1.54) is 32.6 Å². The Morgan fingerprint density at radius 2 is 1.64 bits per heavy atom. The van der Waals surface area contributed by atoms with E-state index in [9.17, 15) is 9.59 Å². The molecule has 0 aromatic heterocycles. The zero-order valence-electron chi connectivity index (χ0n) is 13.8. The molecule has 0 aliphatic rings. The maximum absolute atomic E-state index is 12.2. The maximum Gasteiger partial charge on any atom is 0.302 e. The highest BCUT2D eigenvalue weighted by molar-refractivity contribution is 5.96. The molecule has 3 heteroatoms. The smallest absolute Gasteiger partial charge is 0.302 e. The molecule has 122 valence electrons. The minimum absolute atomic E-state index is 0.0397. The maximum atomic E-state index is 12.2. The van der Waals surface area contributed by atoms with E-state index in [-0.39, 0.29) is 24.3 Å². The minimum atomic E-state index is -0.308. The third kappa shape index (κ3) is 7.96. The van der Waals surface area contributed by atoms with Crippen molar-refractivity contribution < 1.29 is 14.3 Å². The summed E-state index contributed by atoms with van der Waals surface area (Å²) in [7, 11) is 0. The predicted molar refractivity (Wildman–Crippen MR) is 88.9 cm³/mol. The van der Waals surface area contributed by atoms with Crippen molar-refractivity contribution in [2.24, 2.45) is 0 Å². The van der Waals surface area contributed by atoms with Gasteiger partial charge in [-0.15, -0.1) is 0 Å². The number of carbonyl (C=O) groups is 2. The van der Waals surface area contributed by atoms with E-state index in [2.05, 4.69) is 6.92 Å². The standard InChI is InChI=1S/C19H28O3/c1-3-4-5-6-7-11-14-18(22-16(2)20)15-19(21)17-12-9-8-10-13-17/h8-10,12-13,18H,3-7,11,14-15H2,1-2H3. The Balaban J connectivity index is 2.40. The quantitative estimate of drug-likeness (QED) is 0.330. The number of ketones is 1. The van der Waals surface area contributed by atoms with Gasteiger partial charge in [0.25, 0.3) is 0 Å². The normalized spacial score (nSPS) is 11.9. The highest BCUT2D eigenvalue weighted by Crippen LogP contribution is 2.15. The molecule has 0 amide bonds. The van der Waals surface area contributed by atoms with Crippen LogP contribution in [-0.4, -0.2) is 17.9 Å². The Bertz CT molecular complexity index is 439. The van der Waals surface area contributed by atoms with Crippen molar-refractivity contribution in [3.63, 3.8) is 0 Å². The van der Waals surface area contributed by atoms with Crippen molar-refractivity contribution in [2.45, 2.75) is 71.3 Å². The number of hydrogen-bond donors (Lipinski definition) is 0. The van der Waals surface area contributed by atoms with E-state index in [4.69, 9.17) is 4.74 Å². The molecule has 0 saturated carbocycles. The zero-order chi connectivity index (χ0) is 16.2. The molecule has 0 N–H and O–H groups in total. The number of esters is 1. The monoisotopic (exact) mass is 304 g/mol. The van der Waals surface area contributed by atoms with E-state index in [0.717, 1.165) is 19.3 Å². The van der Waals surface area contributed by atoms with Crippen LogP contribution in [0.4, 0.5) is 0 Å². The van der Waals surface area contributed by atoms with Crippen molar-refractivity contribution in [1.29, 1.82) is 0 Å². The first-order chi connectivity index (χ1) is 10.6. The summed E-state index contributed by atoms with van der Waals surface area (Å²) in [5.41, 5.74) is 0.683. The Kier molecular flexibility index (Phi) is 9.20. The second kappa shape index (κ2) is 11.0. The molecule has 1 rings (SSSR count). The van der Waals surface area contributed by atoms with Gasteiger partial charge in [0.1, 0.15) is 6.10 Å². The van der Waals surface area contributed by atoms with Crippen molar-refractivity contribution in [3.8, 4) is 0 Å². The third-order valence-corrected chi connectivity index (χ3v) is 3.72. The number of hydrogen-bond acceptors (Lipinski definition) is 3. The Labute approximate surface area is 134 Å². The summed E-state index contributed by atoms with van der Waals surface area (Å²) >= 11 is 0. The number of unbranched alkanes of at least 4 members (excludes halogenated alkanes) is 5. The van der Waals surface area contributed by atoms with Gasteiger partial charge in [-0.3, -0.25) is 9.59 Å². The number of rotatable bonds is 11. The van der Waals surface area contributed by atoms with Gasteiger partial charge >= 0.3 is 5.97 Å². The molecule has 0 saturated heterocycles. The lowest BCUT2D eigenvalue weighted by atomic mass is 10.0. The van der Waals surface area contributed by atoms with Crippen LogP contribution in [0.5, 0.6) is 0 Å². The molecule has 0 heterocycles. The lowest BCUT2D eigenvalue weighted by Crippen LogP contribution is -2.20. The fourth-order valence-corrected chi connectivity index (χ4v) is 2.54. The molecule has 0 aliphatic carbocycles. The minimum Gasteiger partial charge on any atom is -0.462 e. The summed E-state index contributed by atoms with van der Waals surface area (Å²) in [5.74, 6) is -0.269. The van der Waals surface area contributed by atoms with Crippen LogP contribution in [0.15, 0.2) is 30.3 Å². The summed E-state index contributed by atoms with van der Waals surface area (Å²) < 4.78 is 5.31. The van der Waals surface area contributed by atoms with Crippen molar-refractivity contribution in [1.82, 2.24) is 0 Å². The van der Waals surface area contributed by atoms with Crippen LogP contribution in [0.3, 0.4) is 0 Å². The average molecular weight is 304 g/mol. The molecule has 0 radical (unpaired) electrons. The molecule has 0 fully saturated rings. The fourth-order valence-electron chi connectivity index (χ4n) is 2.54. The summed E-state index contributed by atoms with van der Waals surface area (Å²) in [4.78, 5) is 23.4. The van der Waals surface area contributed by atoms with Crippen LogP contribution in [-0.2, 0) is 9.53 Å². The molecule has 22 heavy (non-hydrogen) atoms. The SMILES string of the molecule is CCCCCCCCC(CC(=O)c1ccccc1)OC(C)=O. The summed E-state index contributed by atoms with van der Waals surface area (Å²) in [6.07, 6.45) is 7.88. The van der Waals surface area contributed by atoms with E-state index < -0.39 is 0 Å². The Morgan fingerprint density at radius 3 is 2.27 bits per heavy atom. The van der Waals surface area contributed by atoms with Crippen LogP contribution >= 0.6 is 0 Å². The summed E-state index contributed by atoms with van der Waals surface area (Å²) in [5, 5.41) is 0. The van der Waals surface area contributed by atoms with Gasteiger partial charge in [-0.05, 0) is 12.8 Å². The van der Waals surface area contributed by atoms with Crippen LogP contribution in [0.1, 0.15) is 75.6 Å². The lowest BCUT2D eigenvalue weighted by Gasteiger charge is -2.16. The van der Waals surface area contributed by atoms with E-state index >= 15 is 0 Å². The van der Waals surface area contributed by atoms with Gasteiger partial charge in [0.2, 0.25) is 0 Å². The van der Waals surface area contributed by atoms with Gasteiger partial charge in [0.05, 0.1) is 0 Å². The Morgan fingerprint density at radius 1 is 1.00 bits per heavy atom. The molecule has 1 aromatic carbocycles. The molecular weight excluding hydrogens is 276 g/mol. The van der Waals surface area contributed by atoms with Gasteiger partial charge in [0.15, 0.2) is 5.78 Å². The highest BCUT2D eigenvalue weighted by Gasteiger charge is 2.17. The third-order valence-electron chi connectivity index (χ3n) is 3.72. The van der Waals surface area contributed by atoms with Crippen LogP contribution < -0.4 is 0 Å². The van der Waals surface area contributed by atoms with Crippen LogP contribution in [0, 0.1) is 0 Å². The van der Waals surface area contributed by atoms with Crippen LogP contribution in [0.25, 0.3) is 0 Å². The van der Waals surface area contributed by atoms with Crippen molar-refractivity contribution >= 4 is 11.8 Å². The average Bonchev–Trinajstić information content (AvgIpc) is 2.51. The van der Waals surface area contributed by atoms with Gasteiger partial charge in [0, 0.05) is 18.9 Å². The van der Waals surface area contributed by atoms with Gasteiger partial charge in [-0.25, -0.2) is 0 Å². The van der Waals surface area contributed by atoms with Gasteiger partial charge in [-0.1, -0.05) is 69.4 Å². The van der Waals surface area contributed by atoms with Gasteiger partial charge in [-0.2, -0.15) is 0 Å². The second-order valence-electron chi connectivity index (χ2n) is 5.78. The topological polar surface area (TPSA) is 43.4 Å². The largest absolute Gasteiger partial charge is 0.462 e. The molecule has 1 aromatic rings. The number of carbonyl (C=O) groups excluding carboxylic acids is 2. The second-order valence-corrected chi connectivity index (χ2v) is 5.78. The van der Waals surface area contributed by atoms with Gasteiger partial charge < -0.3 is 4.74 Å². The van der Waals surface area contributed by atoms with E-state index in [1.807, 2.05) is 18.2 Å². The molecule has 0 bridgehead atoms. The van der Waals surface area contributed by atoms with Crippen LogP contribution in [0.2, 0.25) is 0 Å². The molecule has 1 atom stereocenters. The molecule has 0 aliphatic heterocycles. The number of ether oxygens (including phenoxy) is 1. The first kappa shape index (κ1) is 18.4. The highest BCUT2D eigenvalue weighted by atomic mass is 16.5. The predicted octanol–water partition coefficient (Wildman–Crippen LogP) is 4.94. The van der Waals surface area contributed by atoms with E-state index in [0.29, 0.717) is 5.56 Å². The molecular formula is C19H28O3. The number of benzene rings is 1. The van der Waals surface area contributed by atoms with Crippen molar-refractivity contribution in [2.75, 3.05) is 0 Å². The molecule has 0 spiro atoms. The first-order valence-electron chi connectivity index (χ1n) is 8.39. The Hall–Kier alpha value is -1.64. The molecule has 3 nitrogen and oxygen atoms in total. The zero-order valence-corrected chi connectivity index (χ0v) is 13.8. The number of Topliss-reactive ketones (excluding diaryl/α,β-unsaturated/α-hetero) is 1. The first-order valence-corrected chi connectivity index (χ1v) is 8.39. The summed E-state index contributed by atoms with van der Waals surface area (Å²) in [6.45, 7) is 3.60. The lowest BCUT2D eigenvalue weighted by molar-refractivity contribution is -0.146. The fraction of sp³-hybridized carbons (Fsp3) is 0.579. The summed E-state index contributed by atoms with van der Waals surface area (Å²) in [6, 6.07) is 9.19.